The van der Waals surface area contributed by atoms with Crippen molar-refractivity contribution in [2.75, 3.05) is 6.54 Å². The molecule has 0 saturated carbocycles. The lowest BCUT2D eigenvalue weighted by atomic mass is 9.93. The van der Waals surface area contributed by atoms with Gasteiger partial charge >= 0.3 is 12.1 Å². The molecular weight excluding hydrogens is 330 g/mol. The molecule has 1 saturated heterocycles. The summed E-state index contributed by atoms with van der Waals surface area (Å²) in [6.45, 7) is 5.27. The molecule has 0 bridgehead atoms. The second-order valence-corrected chi connectivity index (χ2v) is 7.28. The summed E-state index contributed by atoms with van der Waals surface area (Å²) in [6, 6.07) is 18.6. The third-order valence-corrected chi connectivity index (χ3v) is 4.08. The van der Waals surface area contributed by atoms with Crippen LogP contribution in [0.2, 0.25) is 0 Å². The minimum Gasteiger partial charge on any atom is -0.454 e. The molecule has 136 valence electrons. The van der Waals surface area contributed by atoms with Crippen LogP contribution in [0.1, 0.15) is 44.0 Å². The van der Waals surface area contributed by atoms with Gasteiger partial charge in [-0.25, -0.2) is 4.79 Å². The minimum atomic E-state index is -0.651. The Morgan fingerprint density at radius 1 is 1.00 bits per heavy atom. The number of carbonyl (C=O) groups excluding carboxylic acids is 2. The zero-order valence-electron chi connectivity index (χ0n) is 15.2. The first-order chi connectivity index (χ1) is 12.3. The van der Waals surface area contributed by atoms with Crippen LogP contribution in [0.5, 0.6) is 0 Å². The lowest BCUT2D eigenvalue weighted by Crippen LogP contribution is -2.48. The van der Waals surface area contributed by atoms with Crippen LogP contribution < -0.4 is 0 Å². The summed E-state index contributed by atoms with van der Waals surface area (Å²) in [5, 5.41) is 0. The number of cyclic esters (lactones) is 1. The predicted molar refractivity (Wildman–Crippen MR) is 97.4 cm³/mol. The van der Waals surface area contributed by atoms with Crippen molar-refractivity contribution in [2.24, 2.45) is 0 Å². The number of morpholine rings is 1. The van der Waals surface area contributed by atoms with E-state index in [1.165, 1.54) is 4.90 Å². The van der Waals surface area contributed by atoms with E-state index >= 15 is 0 Å². The molecule has 0 aromatic heterocycles. The zero-order chi connectivity index (χ0) is 18.7. The van der Waals surface area contributed by atoms with Crippen molar-refractivity contribution in [3.63, 3.8) is 0 Å². The molecule has 1 heterocycles. The Bertz CT molecular complexity index is 768. The van der Waals surface area contributed by atoms with Gasteiger partial charge in [-0.15, -0.1) is 0 Å². The van der Waals surface area contributed by atoms with Crippen molar-refractivity contribution in [3.8, 4) is 0 Å². The Kier molecular flexibility index (Phi) is 4.98. The SMILES string of the molecule is CC(C)(C)OC(=O)N1CC(=O)OC(c2ccccc2)C1c1ccccc1. The molecule has 5 nitrogen and oxygen atoms in total. The van der Waals surface area contributed by atoms with Gasteiger partial charge in [-0.05, 0) is 31.9 Å². The molecule has 2 unspecified atom stereocenters. The topological polar surface area (TPSA) is 55.8 Å². The first-order valence-corrected chi connectivity index (χ1v) is 8.64. The third-order valence-electron chi connectivity index (χ3n) is 4.08. The molecule has 3 rings (SSSR count). The van der Waals surface area contributed by atoms with Crippen LogP contribution in [0.15, 0.2) is 60.7 Å². The second-order valence-electron chi connectivity index (χ2n) is 7.28. The van der Waals surface area contributed by atoms with E-state index in [0.29, 0.717) is 0 Å². The fraction of sp³-hybridized carbons (Fsp3) is 0.333. The maximum atomic E-state index is 12.8. The van der Waals surface area contributed by atoms with Crippen molar-refractivity contribution in [2.45, 2.75) is 38.5 Å². The monoisotopic (exact) mass is 353 g/mol. The van der Waals surface area contributed by atoms with E-state index in [4.69, 9.17) is 9.47 Å². The van der Waals surface area contributed by atoms with Crippen LogP contribution in [0.25, 0.3) is 0 Å². The Labute approximate surface area is 153 Å². The van der Waals surface area contributed by atoms with Gasteiger partial charge in [0.05, 0.1) is 0 Å². The molecule has 1 fully saturated rings. The summed E-state index contributed by atoms with van der Waals surface area (Å²) in [7, 11) is 0. The third kappa shape index (κ3) is 4.04. The number of benzene rings is 2. The van der Waals surface area contributed by atoms with E-state index < -0.39 is 29.8 Å². The Morgan fingerprint density at radius 2 is 1.54 bits per heavy atom. The van der Waals surface area contributed by atoms with Crippen LogP contribution >= 0.6 is 0 Å². The van der Waals surface area contributed by atoms with E-state index in [-0.39, 0.29) is 6.54 Å². The average Bonchev–Trinajstić information content (AvgIpc) is 2.61. The highest BCUT2D eigenvalue weighted by Crippen LogP contribution is 2.40. The summed E-state index contributed by atoms with van der Waals surface area (Å²) >= 11 is 0. The summed E-state index contributed by atoms with van der Waals surface area (Å²) in [5.74, 6) is -0.447. The van der Waals surface area contributed by atoms with Crippen molar-refractivity contribution < 1.29 is 19.1 Å². The highest BCUT2D eigenvalue weighted by atomic mass is 16.6. The molecule has 1 aliphatic rings. The standard InChI is InChI=1S/C21H23NO4/c1-21(2,3)26-20(24)22-14-17(23)25-19(16-12-8-5-9-13-16)18(22)15-10-6-4-7-11-15/h4-13,18-19H,14H2,1-3H3. The van der Waals surface area contributed by atoms with E-state index in [1.807, 2.05) is 60.7 Å². The zero-order valence-corrected chi connectivity index (χ0v) is 15.2. The van der Waals surface area contributed by atoms with E-state index in [2.05, 4.69) is 0 Å². The summed E-state index contributed by atoms with van der Waals surface area (Å²) < 4.78 is 11.2. The van der Waals surface area contributed by atoms with Gasteiger partial charge in [0.15, 0.2) is 6.10 Å². The van der Waals surface area contributed by atoms with Gasteiger partial charge in [0.2, 0.25) is 0 Å². The lowest BCUT2D eigenvalue weighted by Gasteiger charge is -2.41. The first-order valence-electron chi connectivity index (χ1n) is 8.64. The van der Waals surface area contributed by atoms with Gasteiger partial charge in [-0.2, -0.15) is 0 Å². The van der Waals surface area contributed by atoms with Crippen LogP contribution in [0.3, 0.4) is 0 Å². The normalized spacial score (nSPS) is 20.4. The molecule has 1 amide bonds. The summed E-state index contributed by atoms with van der Waals surface area (Å²) in [6.07, 6.45) is -1.11. The number of rotatable bonds is 2. The number of amides is 1. The molecule has 2 atom stereocenters. The van der Waals surface area contributed by atoms with Gasteiger partial charge in [-0.1, -0.05) is 60.7 Å². The quantitative estimate of drug-likeness (QED) is 0.757. The molecule has 0 spiro atoms. The molecule has 2 aromatic carbocycles. The molecule has 5 heteroatoms. The van der Waals surface area contributed by atoms with Gasteiger partial charge in [0.25, 0.3) is 0 Å². The van der Waals surface area contributed by atoms with Gasteiger partial charge in [0, 0.05) is 0 Å². The number of ether oxygens (including phenoxy) is 2. The fourth-order valence-electron chi connectivity index (χ4n) is 3.04. The highest BCUT2D eigenvalue weighted by Gasteiger charge is 2.42. The van der Waals surface area contributed by atoms with E-state index in [9.17, 15) is 9.59 Å². The second kappa shape index (κ2) is 7.20. The minimum absolute atomic E-state index is 0.141. The maximum Gasteiger partial charge on any atom is 0.411 e. The van der Waals surface area contributed by atoms with Gasteiger partial charge in [0.1, 0.15) is 18.2 Å². The predicted octanol–water partition coefficient (Wildman–Crippen LogP) is 4.26. The molecule has 2 aromatic rings. The molecule has 1 aliphatic heterocycles. The molecule has 0 N–H and O–H groups in total. The maximum absolute atomic E-state index is 12.8. The number of hydrogen-bond acceptors (Lipinski definition) is 4. The lowest BCUT2D eigenvalue weighted by molar-refractivity contribution is -0.165. The first kappa shape index (κ1) is 18.0. The van der Waals surface area contributed by atoms with Crippen LogP contribution in [-0.4, -0.2) is 29.1 Å². The largest absolute Gasteiger partial charge is 0.454 e. The molecule has 0 aliphatic carbocycles. The van der Waals surface area contributed by atoms with Gasteiger partial charge in [-0.3, -0.25) is 9.69 Å². The Balaban J connectivity index is 2.03. The molecular formula is C21H23NO4. The highest BCUT2D eigenvalue weighted by molar-refractivity contribution is 5.80. The van der Waals surface area contributed by atoms with Gasteiger partial charge < -0.3 is 9.47 Å². The summed E-state index contributed by atoms with van der Waals surface area (Å²) in [4.78, 5) is 26.5. The van der Waals surface area contributed by atoms with E-state index in [1.54, 1.807) is 20.8 Å². The fourth-order valence-corrected chi connectivity index (χ4v) is 3.04. The molecule has 0 radical (unpaired) electrons. The average molecular weight is 353 g/mol. The van der Waals surface area contributed by atoms with Crippen molar-refractivity contribution >= 4 is 12.1 Å². The van der Waals surface area contributed by atoms with Crippen molar-refractivity contribution in [1.82, 2.24) is 4.90 Å². The Morgan fingerprint density at radius 3 is 2.08 bits per heavy atom. The molecule has 26 heavy (non-hydrogen) atoms. The van der Waals surface area contributed by atoms with Crippen LogP contribution in [-0.2, 0) is 14.3 Å². The smallest absolute Gasteiger partial charge is 0.411 e. The van der Waals surface area contributed by atoms with Crippen LogP contribution in [0, 0.1) is 0 Å². The van der Waals surface area contributed by atoms with Crippen molar-refractivity contribution in [3.05, 3.63) is 71.8 Å². The number of esters is 1. The number of carbonyl (C=O) groups is 2. The van der Waals surface area contributed by atoms with Crippen LogP contribution in [0.4, 0.5) is 4.79 Å². The van der Waals surface area contributed by atoms with Crippen molar-refractivity contribution in [1.29, 1.82) is 0 Å². The Hall–Kier alpha value is -2.82. The number of hydrogen-bond donors (Lipinski definition) is 0. The number of nitrogens with zero attached hydrogens (tertiary/aromatic N) is 1. The summed E-state index contributed by atoms with van der Waals surface area (Å²) in [5.41, 5.74) is 1.07. The van der Waals surface area contributed by atoms with E-state index in [0.717, 1.165) is 11.1 Å².